The molecule has 7 heteroatoms. The standard InChI is InChI=1S/C7H8Cl3NO3/c1-3(12)14-5-4(8)2-7(9,10)6(13)11-5/h4,6,13H,2H2,1H3/t4-,6-/m1/s1. The highest BCUT2D eigenvalue weighted by Crippen LogP contribution is 2.37. The molecule has 0 fully saturated rings. The maximum atomic E-state index is 10.6. The van der Waals surface area contributed by atoms with Crippen LogP contribution in [0.25, 0.3) is 0 Å². The van der Waals surface area contributed by atoms with Crippen molar-refractivity contribution in [3.63, 3.8) is 0 Å². The molecule has 1 N–H and O–H groups in total. The Morgan fingerprint density at radius 2 is 2.29 bits per heavy atom. The lowest BCUT2D eigenvalue weighted by Crippen LogP contribution is -2.41. The smallest absolute Gasteiger partial charge is 0.309 e. The molecule has 0 radical (unpaired) electrons. The topological polar surface area (TPSA) is 58.9 Å². The lowest BCUT2D eigenvalue weighted by Gasteiger charge is -2.30. The van der Waals surface area contributed by atoms with Crippen molar-refractivity contribution in [1.82, 2.24) is 0 Å². The highest BCUT2D eigenvalue weighted by Gasteiger charge is 2.42. The van der Waals surface area contributed by atoms with Crippen molar-refractivity contribution in [2.75, 3.05) is 0 Å². The Morgan fingerprint density at radius 1 is 1.71 bits per heavy atom. The van der Waals surface area contributed by atoms with Crippen molar-refractivity contribution in [1.29, 1.82) is 0 Å². The van der Waals surface area contributed by atoms with Crippen LogP contribution in [-0.4, -0.2) is 32.9 Å². The highest BCUT2D eigenvalue weighted by molar-refractivity contribution is 6.50. The molecule has 14 heavy (non-hydrogen) atoms. The zero-order valence-electron chi connectivity index (χ0n) is 7.21. The van der Waals surface area contributed by atoms with E-state index in [1.165, 1.54) is 6.92 Å². The van der Waals surface area contributed by atoms with E-state index >= 15 is 0 Å². The Balaban J connectivity index is 2.82. The third-order valence-electron chi connectivity index (χ3n) is 1.59. The zero-order valence-corrected chi connectivity index (χ0v) is 9.47. The minimum absolute atomic E-state index is 0.0522. The average Bonchev–Trinajstić information content (AvgIpc) is 1.98. The zero-order chi connectivity index (χ0) is 10.9. The number of aliphatic imine (C=N–C) groups is 1. The van der Waals surface area contributed by atoms with E-state index in [1.807, 2.05) is 0 Å². The summed E-state index contributed by atoms with van der Waals surface area (Å²) in [4.78, 5) is 14.2. The molecule has 0 bridgehead atoms. The number of halogens is 3. The molecule has 1 heterocycles. The molecule has 0 unspecified atom stereocenters. The summed E-state index contributed by atoms with van der Waals surface area (Å²) in [7, 11) is 0. The fourth-order valence-electron chi connectivity index (χ4n) is 0.965. The van der Waals surface area contributed by atoms with Crippen molar-refractivity contribution in [2.24, 2.45) is 4.99 Å². The summed E-state index contributed by atoms with van der Waals surface area (Å²) in [5.74, 6) is -0.609. The van der Waals surface area contributed by atoms with Gasteiger partial charge in [-0.15, -0.1) is 11.6 Å². The molecule has 0 spiro atoms. The average molecular weight is 261 g/mol. The Bertz CT molecular complexity index is 279. The van der Waals surface area contributed by atoms with Crippen molar-refractivity contribution in [2.45, 2.75) is 29.3 Å². The van der Waals surface area contributed by atoms with Gasteiger partial charge in [0, 0.05) is 13.3 Å². The summed E-state index contributed by atoms with van der Waals surface area (Å²) in [5, 5.41) is 8.63. The van der Waals surface area contributed by atoms with E-state index in [9.17, 15) is 9.90 Å². The quantitative estimate of drug-likeness (QED) is 0.530. The van der Waals surface area contributed by atoms with Gasteiger partial charge >= 0.3 is 5.97 Å². The summed E-state index contributed by atoms with van der Waals surface area (Å²) in [5.41, 5.74) is 0. The molecule has 4 nitrogen and oxygen atoms in total. The van der Waals surface area contributed by atoms with E-state index in [0.717, 1.165) is 0 Å². The number of esters is 1. The number of carbonyl (C=O) groups excluding carboxylic acids is 1. The second kappa shape index (κ2) is 4.23. The van der Waals surface area contributed by atoms with E-state index in [0.29, 0.717) is 0 Å². The van der Waals surface area contributed by atoms with Crippen molar-refractivity contribution >= 4 is 46.7 Å². The van der Waals surface area contributed by atoms with Gasteiger partial charge in [-0.1, -0.05) is 23.2 Å². The maximum Gasteiger partial charge on any atom is 0.309 e. The molecule has 1 aliphatic rings. The number of carbonyl (C=O) groups is 1. The number of ether oxygens (including phenoxy) is 1. The first-order valence-corrected chi connectivity index (χ1v) is 4.98. The van der Waals surface area contributed by atoms with Gasteiger partial charge in [0.15, 0.2) is 10.6 Å². The third kappa shape index (κ3) is 2.73. The van der Waals surface area contributed by atoms with E-state index < -0.39 is 21.9 Å². The highest BCUT2D eigenvalue weighted by atomic mass is 35.5. The largest absolute Gasteiger partial charge is 0.410 e. The van der Waals surface area contributed by atoms with Crippen LogP contribution in [0.1, 0.15) is 13.3 Å². The molecular formula is C7H8Cl3NO3. The fourth-order valence-corrected chi connectivity index (χ4v) is 1.87. The molecule has 80 valence electrons. The van der Waals surface area contributed by atoms with Gasteiger partial charge < -0.3 is 9.84 Å². The Labute approximate surface area is 95.8 Å². The second-order valence-electron chi connectivity index (χ2n) is 2.87. The summed E-state index contributed by atoms with van der Waals surface area (Å²) in [6, 6.07) is 0. The van der Waals surface area contributed by atoms with Gasteiger partial charge in [0.05, 0.1) is 0 Å². The van der Waals surface area contributed by atoms with Gasteiger partial charge in [0.25, 0.3) is 0 Å². The molecule has 0 saturated carbocycles. The molecule has 1 rings (SSSR count). The third-order valence-corrected chi connectivity index (χ3v) is 2.63. The van der Waals surface area contributed by atoms with Gasteiger partial charge in [0.1, 0.15) is 5.38 Å². The van der Waals surface area contributed by atoms with Gasteiger partial charge in [-0.05, 0) is 0 Å². The van der Waals surface area contributed by atoms with Crippen LogP contribution in [0.2, 0.25) is 0 Å². The second-order valence-corrected chi connectivity index (χ2v) is 4.94. The van der Waals surface area contributed by atoms with Gasteiger partial charge in [-0.3, -0.25) is 4.79 Å². The van der Waals surface area contributed by atoms with E-state index in [-0.39, 0.29) is 12.3 Å². The molecule has 0 aliphatic carbocycles. The summed E-state index contributed by atoms with van der Waals surface area (Å²) in [6.07, 6.45) is -1.28. The molecule has 0 amide bonds. The Hall–Kier alpha value is -0.0300. The predicted molar refractivity (Wildman–Crippen MR) is 53.9 cm³/mol. The van der Waals surface area contributed by atoms with Crippen LogP contribution >= 0.6 is 34.8 Å². The number of aliphatic hydroxyl groups excluding tert-OH is 1. The summed E-state index contributed by atoms with van der Waals surface area (Å²) >= 11 is 17.2. The molecule has 2 atom stereocenters. The number of hydrogen-bond donors (Lipinski definition) is 1. The van der Waals surface area contributed by atoms with Gasteiger partial charge in [-0.25, -0.2) is 4.99 Å². The molecule has 0 aromatic carbocycles. The maximum absolute atomic E-state index is 10.6. The number of nitrogens with zero attached hydrogens (tertiary/aromatic N) is 1. The number of alkyl halides is 3. The number of aliphatic hydroxyl groups is 1. The van der Waals surface area contributed by atoms with Crippen molar-refractivity contribution in [3.8, 4) is 0 Å². The molecule has 0 aromatic heterocycles. The molecule has 1 aliphatic heterocycles. The minimum atomic E-state index is -1.43. The summed E-state index contributed by atoms with van der Waals surface area (Å²) in [6.45, 7) is 1.21. The molecule has 0 aromatic rings. The fraction of sp³-hybridized carbons (Fsp3) is 0.714. The predicted octanol–water partition coefficient (Wildman–Crippen LogP) is 1.45. The lowest BCUT2D eigenvalue weighted by molar-refractivity contribution is -0.133. The SMILES string of the molecule is CC(=O)OC1=N[C@H](O)C(Cl)(Cl)C[C@H]1Cl. The van der Waals surface area contributed by atoms with Crippen molar-refractivity contribution in [3.05, 3.63) is 0 Å². The van der Waals surface area contributed by atoms with Crippen LogP contribution in [0.3, 0.4) is 0 Å². The van der Waals surface area contributed by atoms with Crippen LogP contribution in [0.5, 0.6) is 0 Å². The van der Waals surface area contributed by atoms with E-state index in [2.05, 4.69) is 9.73 Å². The first kappa shape index (κ1) is 12.0. The monoisotopic (exact) mass is 259 g/mol. The van der Waals surface area contributed by atoms with Crippen molar-refractivity contribution < 1.29 is 14.6 Å². The number of hydrogen-bond acceptors (Lipinski definition) is 4. The van der Waals surface area contributed by atoms with Crippen LogP contribution in [0, 0.1) is 0 Å². The first-order chi connectivity index (χ1) is 6.33. The van der Waals surface area contributed by atoms with E-state index in [1.54, 1.807) is 0 Å². The normalized spacial score (nSPS) is 30.8. The summed E-state index contributed by atoms with van der Waals surface area (Å²) < 4.78 is 3.23. The van der Waals surface area contributed by atoms with Crippen LogP contribution in [-0.2, 0) is 9.53 Å². The van der Waals surface area contributed by atoms with Crippen LogP contribution in [0.4, 0.5) is 0 Å². The van der Waals surface area contributed by atoms with Gasteiger partial charge in [0.2, 0.25) is 5.90 Å². The first-order valence-electron chi connectivity index (χ1n) is 3.79. The Kier molecular flexibility index (Phi) is 3.63. The van der Waals surface area contributed by atoms with Crippen LogP contribution < -0.4 is 0 Å². The van der Waals surface area contributed by atoms with Crippen LogP contribution in [0.15, 0.2) is 4.99 Å². The van der Waals surface area contributed by atoms with E-state index in [4.69, 9.17) is 34.8 Å². The molecular weight excluding hydrogens is 252 g/mol. The molecule has 0 saturated heterocycles. The Morgan fingerprint density at radius 3 is 2.79 bits per heavy atom. The number of rotatable bonds is 0. The van der Waals surface area contributed by atoms with Gasteiger partial charge in [-0.2, -0.15) is 0 Å². The lowest BCUT2D eigenvalue weighted by atomic mass is 10.1. The minimum Gasteiger partial charge on any atom is -0.410 e.